The van der Waals surface area contributed by atoms with Crippen LogP contribution in [0, 0.1) is 5.82 Å². The summed E-state index contributed by atoms with van der Waals surface area (Å²) in [7, 11) is 1.69. The monoisotopic (exact) mass is 371 g/mol. The lowest BCUT2D eigenvalue weighted by atomic mass is 10.2. The Hall–Kier alpha value is -2.67. The molecule has 0 aliphatic rings. The molecule has 7 heteroatoms. The number of benzene rings is 2. The van der Waals surface area contributed by atoms with Gasteiger partial charge in [-0.15, -0.1) is 10.2 Å². The van der Waals surface area contributed by atoms with E-state index in [1.807, 2.05) is 30.3 Å². The van der Waals surface area contributed by atoms with Crippen LogP contribution < -0.4 is 0 Å². The van der Waals surface area contributed by atoms with E-state index in [4.69, 9.17) is 4.42 Å². The third-order valence-electron chi connectivity index (χ3n) is 3.74. The minimum atomic E-state index is -0.405. The second-order valence-corrected chi connectivity index (χ2v) is 7.12. The Morgan fingerprint density at radius 2 is 1.96 bits per heavy atom. The molecule has 0 aliphatic carbocycles. The summed E-state index contributed by atoms with van der Waals surface area (Å²) in [6.45, 7) is 2.11. The van der Waals surface area contributed by atoms with Crippen LogP contribution >= 0.6 is 11.8 Å². The van der Waals surface area contributed by atoms with E-state index in [9.17, 15) is 9.18 Å². The van der Waals surface area contributed by atoms with Crippen LogP contribution in [0.25, 0.3) is 11.5 Å². The van der Waals surface area contributed by atoms with Crippen molar-refractivity contribution in [1.29, 1.82) is 0 Å². The number of hydrogen-bond donors (Lipinski definition) is 0. The summed E-state index contributed by atoms with van der Waals surface area (Å²) in [5, 5.41) is 7.94. The fraction of sp³-hybridized carbons (Fsp3) is 0.211. The summed E-state index contributed by atoms with van der Waals surface area (Å²) in [4.78, 5) is 14.1. The first kappa shape index (κ1) is 18.1. The van der Waals surface area contributed by atoms with Gasteiger partial charge in [-0.05, 0) is 36.8 Å². The Morgan fingerprint density at radius 3 is 2.69 bits per heavy atom. The highest BCUT2D eigenvalue weighted by atomic mass is 32.2. The van der Waals surface area contributed by atoms with Crippen LogP contribution in [-0.4, -0.2) is 33.3 Å². The zero-order chi connectivity index (χ0) is 18.5. The number of halogens is 1. The van der Waals surface area contributed by atoms with Gasteiger partial charge in [0.05, 0.1) is 5.25 Å². The second kappa shape index (κ2) is 8.14. The number of nitrogens with zero attached hydrogens (tertiary/aromatic N) is 3. The van der Waals surface area contributed by atoms with Gasteiger partial charge in [-0.1, -0.05) is 42.1 Å². The van der Waals surface area contributed by atoms with Crippen molar-refractivity contribution >= 4 is 17.7 Å². The molecule has 0 N–H and O–H groups in total. The summed E-state index contributed by atoms with van der Waals surface area (Å²) in [5.41, 5.74) is 1.57. The number of hydrogen-bond acceptors (Lipinski definition) is 5. The molecule has 1 atom stereocenters. The largest absolute Gasteiger partial charge is 0.411 e. The molecule has 3 aromatic rings. The van der Waals surface area contributed by atoms with Crippen molar-refractivity contribution in [2.24, 2.45) is 0 Å². The number of carbonyl (C=O) groups excluding carboxylic acids is 1. The Balaban J connectivity index is 1.61. The van der Waals surface area contributed by atoms with E-state index < -0.39 is 5.25 Å². The van der Waals surface area contributed by atoms with Gasteiger partial charge in [0.15, 0.2) is 0 Å². The van der Waals surface area contributed by atoms with E-state index in [-0.39, 0.29) is 11.7 Å². The number of carbonyl (C=O) groups is 1. The van der Waals surface area contributed by atoms with Crippen molar-refractivity contribution in [2.45, 2.75) is 23.9 Å². The number of amides is 1. The fourth-order valence-corrected chi connectivity index (χ4v) is 3.25. The molecule has 26 heavy (non-hydrogen) atoms. The van der Waals surface area contributed by atoms with E-state index in [1.165, 1.54) is 23.9 Å². The summed E-state index contributed by atoms with van der Waals surface area (Å²) in [6, 6.07) is 15.7. The van der Waals surface area contributed by atoms with Gasteiger partial charge in [0, 0.05) is 19.2 Å². The molecule has 0 bridgehead atoms. The molecule has 134 valence electrons. The summed E-state index contributed by atoms with van der Waals surface area (Å²) >= 11 is 1.20. The molecular formula is C19H18FN3O2S. The Morgan fingerprint density at radius 1 is 1.19 bits per heavy atom. The first-order valence-corrected chi connectivity index (χ1v) is 8.96. The van der Waals surface area contributed by atoms with Gasteiger partial charge in [0.25, 0.3) is 5.22 Å². The minimum absolute atomic E-state index is 0.0984. The molecular weight excluding hydrogens is 353 g/mol. The zero-order valence-electron chi connectivity index (χ0n) is 14.4. The summed E-state index contributed by atoms with van der Waals surface area (Å²) in [6.07, 6.45) is 0. The standard InChI is InChI=1S/C19H18FN3O2S/c1-13(18(24)23(2)12-14-7-6-10-16(20)11-14)26-19-22-21-17(25-19)15-8-4-3-5-9-15/h3-11,13H,12H2,1-2H3. The lowest BCUT2D eigenvalue weighted by Crippen LogP contribution is -2.32. The van der Waals surface area contributed by atoms with Gasteiger partial charge in [-0.3, -0.25) is 4.79 Å². The lowest BCUT2D eigenvalue weighted by molar-refractivity contribution is -0.129. The maximum atomic E-state index is 13.3. The predicted octanol–water partition coefficient (Wildman–Crippen LogP) is 4.01. The average molecular weight is 371 g/mol. The molecule has 5 nitrogen and oxygen atoms in total. The lowest BCUT2D eigenvalue weighted by Gasteiger charge is -2.20. The third-order valence-corrected chi connectivity index (χ3v) is 4.66. The van der Waals surface area contributed by atoms with Crippen molar-refractivity contribution in [3.05, 3.63) is 66.0 Å². The van der Waals surface area contributed by atoms with Gasteiger partial charge in [0.1, 0.15) is 5.82 Å². The van der Waals surface area contributed by atoms with Crippen LogP contribution in [-0.2, 0) is 11.3 Å². The van der Waals surface area contributed by atoms with Crippen LogP contribution in [0.1, 0.15) is 12.5 Å². The highest BCUT2D eigenvalue weighted by molar-refractivity contribution is 8.00. The molecule has 0 spiro atoms. The molecule has 0 saturated heterocycles. The van der Waals surface area contributed by atoms with Crippen molar-refractivity contribution in [1.82, 2.24) is 15.1 Å². The minimum Gasteiger partial charge on any atom is -0.411 e. The van der Waals surface area contributed by atoms with E-state index in [2.05, 4.69) is 10.2 Å². The predicted molar refractivity (Wildman–Crippen MR) is 97.9 cm³/mol. The zero-order valence-corrected chi connectivity index (χ0v) is 15.2. The average Bonchev–Trinajstić information content (AvgIpc) is 3.10. The first-order chi connectivity index (χ1) is 12.5. The van der Waals surface area contributed by atoms with Gasteiger partial charge in [0.2, 0.25) is 11.8 Å². The molecule has 1 heterocycles. The SMILES string of the molecule is CC(Sc1nnc(-c2ccccc2)o1)C(=O)N(C)Cc1cccc(F)c1. The number of rotatable bonds is 6. The van der Waals surface area contributed by atoms with Gasteiger partial charge >= 0.3 is 0 Å². The molecule has 2 aromatic carbocycles. The van der Waals surface area contributed by atoms with E-state index >= 15 is 0 Å². The molecule has 1 aromatic heterocycles. The van der Waals surface area contributed by atoms with Crippen LogP contribution in [0.15, 0.2) is 64.2 Å². The first-order valence-electron chi connectivity index (χ1n) is 8.08. The van der Waals surface area contributed by atoms with Gasteiger partial charge in [-0.2, -0.15) is 0 Å². The van der Waals surface area contributed by atoms with Crippen LogP contribution in [0.4, 0.5) is 4.39 Å². The summed E-state index contributed by atoms with van der Waals surface area (Å²) in [5.74, 6) is 0.00432. The van der Waals surface area contributed by atoms with Crippen LogP contribution in [0.3, 0.4) is 0 Å². The Kier molecular flexibility index (Phi) is 5.68. The molecule has 1 unspecified atom stereocenters. The molecule has 0 aliphatic heterocycles. The van der Waals surface area contributed by atoms with Gasteiger partial charge in [-0.25, -0.2) is 4.39 Å². The molecule has 0 fully saturated rings. The van der Waals surface area contributed by atoms with Gasteiger partial charge < -0.3 is 9.32 Å². The number of aromatic nitrogens is 2. The second-order valence-electron chi connectivity index (χ2n) is 5.82. The maximum absolute atomic E-state index is 13.3. The topological polar surface area (TPSA) is 59.2 Å². The molecule has 0 saturated carbocycles. The molecule has 3 rings (SSSR count). The normalized spacial score (nSPS) is 12.0. The third kappa shape index (κ3) is 4.49. The van der Waals surface area contributed by atoms with Crippen molar-refractivity contribution in [2.75, 3.05) is 7.05 Å². The Bertz CT molecular complexity index is 885. The van der Waals surface area contributed by atoms with Crippen molar-refractivity contribution < 1.29 is 13.6 Å². The highest BCUT2D eigenvalue weighted by Crippen LogP contribution is 2.27. The maximum Gasteiger partial charge on any atom is 0.277 e. The number of thioether (sulfide) groups is 1. The van der Waals surface area contributed by atoms with Crippen molar-refractivity contribution in [3.8, 4) is 11.5 Å². The molecule has 1 amide bonds. The fourth-order valence-electron chi connectivity index (χ4n) is 2.45. The van der Waals surface area contributed by atoms with E-state index in [0.29, 0.717) is 17.7 Å². The van der Waals surface area contributed by atoms with E-state index in [0.717, 1.165) is 11.1 Å². The highest BCUT2D eigenvalue weighted by Gasteiger charge is 2.22. The molecule has 0 radical (unpaired) electrons. The van der Waals surface area contributed by atoms with Crippen LogP contribution in [0.2, 0.25) is 0 Å². The van der Waals surface area contributed by atoms with E-state index in [1.54, 1.807) is 31.0 Å². The Labute approximate surface area is 155 Å². The summed E-state index contributed by atoms with van der Waals surface area (Å²) < 4.78 is 18.9. The van der Waals surface area contributed by atoms with Crippen LogP contribution in [0.5, 0.6) is 0 Å². The smallest absolute Gasteiger partial charge is 0.277 e. The van der Waals surface area contributed by atoms with Crippen molar-refractivity contribution in [3.63, 3.8) is 0 Å². The quantitative estimate of drug-likeness (QED) is 0.613.